The minimum atomic E-state index is 0.718. The van der Waals surface area contributed by atoms with Gasteiger partial charge in [0.15, 0.2) is 5.96 Å². The van der Waals surface area contributed by atoms with Crippen LogP contribution in [0, 0.1) is 0 Å². The lowest BCUT2D eigenvalue weighted by atomic mass is 10.2. The van der Waals surface area contributed by atoms with Gasteiger partial charge in [0.1, 0.15) is 0 Å². The largest absolute Gasteiger partial charge is 0.383 e. The molecule has 104 valence electrons. The van der Waals surface area contributed by atoms with Crippen LogP contribution in [-0.2, 0) is 11.3 Å². The van der Waals surface area contributed by atoms with E-state index in [1.165, 1.54) is 5.56 Å². The zero-order valence-electron chi connectivity index (χ0n) is 11.6. The summed E-state index contributed by atoms with van der Waals surface area (Å²) in [5.41, 5.74) is 2.37. The first-order valence-electron chi connectivity index (χ1n) is 6.61. The molecule has 1 heterocycles. The van der Waals surface area contributed by atoms with Crippen LogP contribution in [0.1, 0.15) is 5.56 Å². The van der Waals surface area contributed by atoms with Crippen molar-refractivity contribution in [3.8, 4) is 0 Å². The molecule has 0 atom stereocenters. The van der Waals surface area contributed by atoms with Gasteiger partial charge >= 0.3 is 0 Å². The van der Waals surface area contributed by atoms with Crippen LogP contribution in [0.5, 0.6) is 0 Å². The number of methoxy groups -OCH3 is 1. The van der Waals surface area contributed by atoms with Crippen molar-refractivity contribution < 1.29 is 4.74 Å². The Bertz CT molecular complexity index is 416. The third-order valence-corrected chi connectivity index (χ3v) is 3.10. The van der Waals surface area contributed by atoms with Gasteiger partial charge in [-0.3, -0.25) is 4.99 Å². The highest BCUT2D eigenvalue weighted by atomic mass is 16.5. The molecule has 1 aromatic carbocycles. The van der Waals surface area contributed by atoms with Gasteiger partial charge in [0.2, 0.25) is 0 Å². The second kappa shape index (κ2) is 6.99. The Kier molecular flexibility index (Phi) is 5.03. The molecule has 0 saturated heterocycles. The van der Waals surface area contributed by atoms with Gasteiger partial charge in [0.05, 0.1) is 13.2 Å². The third-order valence-electron chi connectivity index (χ3n) is 3.10. The van der Waals surface area contributed by atoms with Gasteiger partial charge in [-0.2, -0.15) is 0 Å². The molecule has 5 nitrogen and oxygen atoms in total. The van der Waals surface area contributed by atoms with Crippen LogP contribution in [0.3, 0.4) is 0 Å². The maximum absolute atomic E-state index is 5.00. The number of nitrogens with zero attached hydrogens (tertiary/aromatic N) is 2. The Morgan fingerprint density at radius 1 is 1.26 bits per heavy atom. The Hall–Kier alpha value is -1.75. The maximum Gasteiger partial charge on any atom is 0.194 e. The summed E-state index contributed by atoms with van der Waals surface area (Å²) in [6.45, 7) is 4.25. The van der Waals surface area contributed by atoms with Crippen molar-refractivity contribution in [1.82, 2.24) is 10.2 Å². The lowest BCUT2D eigenvalue weighted by molar-refractivity contribution is 0.211. The second-order valence-electron chi connectivity index (χ2n) is 4.60. The Balaban J connectivity index is 1.78. The quantitative estimate of drug-likeness (QED) is 0.755. The van der Waals surface area contributed by atoms with Crippen LogP contribution >= 0.6 is 0 Å². The fourth-order valence-corrected chi connectivity index (χ4v) is 1.94. The predicted octanol–water partition coefficient (Wildman–Crippen LogP) is 1.14. The van der Waals surface area contributed by atoms with E-state index in [0.717, 1.165) is 44.4 Å². The number of nitrogens with one attached hydrogen (secondary N) is 2. The van der Waals surface area contributed by atoms with Gasteiger partial charge in [0.25, 0.3) is 0 Å². The minimum absolute atomic E-state index is 0.718. The minimum Gasteiger partial charge on any atom is -0.383 e. The van der Waals surface area contributed by atoms with E-state index in [1.54, 1.807) is 7.11 Å². The summed E-state index contributed by atoms with van der Waals surface area (Å²) in [7, 11) is 3.76. The van der Waals surface area contributed by atoms with Gasteiger partial charge in [0, 0.05) is 39.5 Å². The van der Waals surface area contributed by atoms with Gasteiger partial charge in [-0.05, 0) is 17.7 Å². The molecule has 0 bridgehead atoms. The van der Waals surface area contributed by atoms with Crippen LogP contribution in [0.15, 0.2) is 29.3 Å². The van der Waals surface area contributed by atoms with Crippen molar-refractivity contribution in [3.63, 3.8) is 0 Å². The Morgan fingerprint density at radius 2 is 2.05 bits per heavy atom. The first-order valence-corrected chi connectivity index (χ1v) is 6.61. The number of rotatable bonds is 6. The van der Waals surface area contributed by atoms with Crippen LogP contribution < -0.4 is 10.6 Å². The van der Waals surface area contributed by atoms with E-state index in [0.29, 0.717) is 0 Å². The molecule has 0 spiro atoms. The van der Waals surface area contributed by atoms with Gasteiger partial charge in [-0.1, -0.05) is 12.1 Å². The van der Waals surface area contributed by atoms with E-state index in [-0.39, 0.29) is 0 Å². The summed E-state index contributed by atoms with van der Waals surface area (Å²) >= 11 is 0. The number of hydrogen-bond donors (Lipinski definition) is 2. The van der Waals surface area contributed by atoms with E-state index < -0.39 is 0 Å². The van der Waals surface area contributed by atoms with E-state index in [1.807, 2.05) is 0 Å². The smallest absolute Gasteiger partial charge is 0.194 e. The summed E-state index contributed by atoms with van der Waals surface area (Å²) in [6.07, 6.45) is 0. The van der Waals surface area contributed by atoms with Crippen LogP contribution in [-0.4, -0.2) is 51.3 Å². The summed E-state index contributed by atoms with van der Waals surface area (Å²) in [5.74, 6) is 0.988. The van der Waals surface area contributed by atoms with Crippen LogP contribution in [0.25, 0.3) is 0 Å². The highest BCUT2D eigenvalue weighted by Crippen LogP contribution is 2.09. The number of benzene rings is 1. The zero-order valence-corrected chi connectivity index (χ0v) is 11.6. The topological polar surface area (TPSA) is 48.9 Å². The maximum atomic E-state index is 5.00. The highest BCUT2D eigenvalue weighted by Gasteiger charge is 2.10. The van der Waals surface area contributed by atoms with Gasteiger partial charge < -0.3 is 20.3 Å². The van der Waals surface area contributed by atoms with Crippen molar-refractivity contribution in [2.45, 2.75) is 6.54 Å². The van der Waals surface area contributed by atoms with Crippen molar-refractivity contribution in [2.24, 2.45) is 4.99 Å². The van der Waals surface area contributed by atoms with Crippen molar-refractivity contribution >= 4 is 11.6 Å². The molecular formula is C14H22N4O. The molecule has 0 unspecified atom stereocenters. The molecule has 2 N–H and O–H groups in total. The average Bonchev–Trinajstić information content (AvgIpc) is 2.84. The Morgan fingerprint density at radius 3 is 2.68 bits per heavy atom. The highest BCUT2D eigenvalue weighted by molar-refractivity contribution is 5.81. The molecule has 2 rings (SSSR count). The number of hydrogen-bond acceptors (Lipinski definition) is 5. The molecular weight excluding hydrogens is 240 g/mol. The summed E-state index contributed by atoms with van der Waals surface area (Å²) < 4.78 is 5.00. The van der Waals surface area contributed by atoms with E-state index in [4.69, 9.17) is 4.74 Å². The van der Waals surface area contributed by atoms with E-state index in [2.05, 4.69) is 51.8 Å². The molecule has 0 aromatic heterocycles. The molecule has 19 heavy (non-hydrogen) atoms. The number of aliphatic imine (C=N–C) groups is 1. The molecule has 0 saturated carbocycles. The van der Waals surface area contributed by atoms with Gasteiger partial charge in [-0.15, -0.1) is 0 Å². The van der Waals surface area contributed by atoms with Crippen molar-refractivity contribution in [2.75, 3.05) is 45.7 Å². The molecule has 0 radical (unpaired) electrons. The van der Waals surface area contributed by atoms with Crippen molar-refractivity contribution in [3.05, 3.63) is 29.8 Å². The number of guanidine groups is 1. The Labute approximate surface area is 114 Å². The first kappa shape index (κ1) is 13.7. The van der Waals surface area contributed by atoms with Gasteiger partial charge in [-0.25, -0.2) is 0 Å². The number of ether oxygens (including phenoxy) is 1. The fraction of sp³-hybridized carbons (Fsp3) is 0.500. The zero-order chi connectivity index (χ0) is 13.5. The molecule has 1 aromatic rings. The monoisotopic (exact) mass is 262 g/mol. The number of anilines is 1. The number of likely N-dealkylation sites (N-methyl/N-ethyl adjacent to an activating group) is 1. The first-order chi connectivity index (χ1) is 9.29. The molecule has 0 fully saturated rings. The van der Waals surface area contributed by atoms with Crippen LogP contribution in [0.2, 0.25) is 0 Å². The third kappa shape index (κ3) is 4.13. The molecule has 5 heteroatoms. The lowest BCUT2D eigenvalue weighted by Crippen LogP contribution is -2.35. The average molecular weight is 262 g/mol. The SMILES string of the molecule is COCCNc1ccc(CNC2=NCCN2C)cc1. The summed E-state index contributed by atoms with van der Waals surface area (Å²) in [4.78, 5) is 6.54. The molecule has 0 aliphatic carbocycles. The van der Waals surface area contributed by atoms with Crippen molar-refractivity contribution in [1.29, 1.82) is 0 Å². The summed E-state index contributed by atoms with van der Waals surface area (Å²) in [6, 6.07) is 8.43. The van der Waals surface area contributed by atoms with Crippen LogP contribution in [0.4, 0.5) is 5.69 Å². The normalized spacial score (nSPS) is 14.4. The lowest BCUT2D eigenvalue weighted by Gasteiger charge is -2.15. The van der Waals surface area contributed by atoms with E-state index >= 15 is 0 Å². The standard InChI is InChI=1S/C14H22N4O/c1-18-9-7-16-14(18)17-11-12-3-5-13(6-4-12)15-8-10-19-2/h3-6,15H,7-11H2,1-2H3,(H,16,17). The predicted molar refractivity (Wildman–Crippen MR) is 78.6 cm³/mol. The van der Waals surface area contributed by atoms with E-state index in [9.17, 15) is 0 Å². The fourth-order valence-electron chi connectivity index (χ4n) is 1.94. The molecule has 0 amide bonds. The molecule has 1 aliphatic heterocycles. The molecule has 1 aliphatic rings. The second-order valence-corrected chi connectivity index (χ2v) is 4.60. The summed E-state index contributed by atoms with van der Waals surface area (Å²) in [5, 5.41) is 6.65.